The van der Waals surface area contributed by atoms with E-state index in [-0.39, 0.29) is 0 Å². The zero-order valence-electron chi connectivity index (χ0n) is 21.9. The molecule has 0 fully saturated rings. The molecule has 0 aliphatic heterocycles. The molecule has 0 aliphatic carbocycles. The standard InChI is InChI=1S/C35H22N6/c1-3-13-23(14-4-1)31-25-17-7-9-19-27(25)36-34(38-31)41-32-26-18-8-11-21-29(26)39(24-15-5-2-6-16-24)33(32)40-30-22-12-10-20-28(30)37-35(40)41/h1-22H. The molecule has 0 bridgehead atoms. The molecule has 0 unspecified atom stereocenters. The van der Waals surface area contributed by atoms with Gasteiger partial charge in [0.15, 0.2) is 5.65 Å². The number of hydrogen-bond donors (Lipinski definition) is 0. The van der Waals surface area contributed by atoms with E-state index in [1.54, 1.807) is 0 Å². The summed E-state index contributed by atoms with van der Waals surface area (Å²) in [4.78, 5) is 15.6. The molecule has 0 spiro atoms. The Morgan fingerprint density at radius 1 is 0.463 bits per heavy atom. The average molecular weight is 527 g/mol. The highest BCUT2D eigenvalue weighted by Gasteiger charge is 2.26. The fourth-order valence-corrected chi connectivity index (χ4v) is 6.12. The van der Waals surface area contributed by atoms with Crippen LogP contribution in [0.25, 0.3) is 72.7 Å². The van der Waals surface area contributed by atoms with E-state index in [4.69, 9.17) is 15.0 Å². The van der Waals surface area contributed by atoms with E-state index in [1.165, 1.54) is 0 Å². The number of benzene rings is 5. The third-order valence-electron chi connectivity index (χ3n) is 7.86. The minimum atomic E-state index is 0.592. The second kappa shape index (κ2) is 8.37. The Morgan fingerprint density at radius 2 is 1.10 bits per heavy atom. The molecule has 0 saturated carbocycles. The van der Waals surface area contributed by atoms with Crippen molar-refractivity contribution in [1.82, 2.24) is 28.5 Å². The molecule has 0 radical (unpaired) electrons. The van der Waals surface area contributed by atoms with Gasteiger partial charge in [0.1, 0.15) is 5.52 Å². The molecular weight excluding hydrogens is 504 g/mol. The van der Waals surface area contributed by atoms with E-state index in [2.05, 4.69) is 105 Å². The second-order valence-corrected chi connectivity index (χ2v) is 10.2. The molecule has 0 saturated heterocycles. The van der Waals surface area contributed by atoms with Crippen LogP contribution < -0.4 is 0 Å². The van der Waals surface area contributed by atoms with Gasteiger partial charge in [-0.25, -0.2) is 19.5 Å². The molecule has 6 nitrogen and oxygen atoms in total. The van der Waals surface area contributed by atoms with Gasteiger partial charge < -0.3 is 0 Å². The van der Waals surface area contributed by atoms with Crippen LogP contribution in [-0.4, -0.2) is 28.5 Å². The molecule has 9 rings (SSSR count). The molecule has 192 valence electrons. The number of rotatable bonds is 3. The maximum absolute atomic E-state index is 5.26. The summed E-state index contributed by atoms with van der Waals surface area (Å²) >= 11 is 0. The van der Waals surface area contributed by atoms with Crippen molar-refractivity contribution in [3.05, 3.63) is 133 Å². The Bertz CT molecular complexity index is 2410. The van der Waals surface area contributed by atoms with Crippen molar-refractivity contribution in [3.8, 4) is 22.9 Å². The van der Waals surface area contributed by atoms with Crippen molar-refractivity contribution in [3.63, 3.8) is 0 Å². The third kappa shape index (κ3) is 3.10. The molecule has 0 N–H and O–H groups in total. The monoisotopic (exact) mass is 526 g/mol. The van der Waals surface area contributed by atoms with Crippen molar-refractivity contribution in [2.75, 3.05) is 0 Å². The Morgan fingerprint density at radius 3 is 1.90 bits per heavy atom. The van der Waals surface area contributed by atoms with Crippen LogP contribution in [-0.2, 0) is 0 Å². The van der Waals surface area contributed by atoms with E-state index < -0.39 is 0 Å². The highest BCUT2D eigenvalue weighted by Crippen LogP contribution is 2.38. The van der Waals surface area contributed by atoms with Crippen LogP contribution in [0, 0.1) is 0 Å². The predicted octanol–water partition coefficient (Wildman–Crippen LogP) is 7.99. The summed E-state index contributed by atoms with van der Waals surface area (Å²) in [6.07, 6.45) is 0. The van der Waals surface area contributed by atoms with Gasteiger partial charge in [0.05, 0.1) is 27.8 Å². The largest absolute Gasteiger partial charge is 0.294 e. The van der Waals surface area contributed by atoms with Crippen LogP contribution in [0.2, 0.25) is 0 Å². The molecule has 0 amide bonds. The van der Waals surface area contributed by atoms with E-state index >= 15 is 0 Å². The first kappa shape index (κ1) is 22.1. The molecule has 5 aromatic carbocycles. The smallest absolute Gasteiger partial charge is 0.238 e. The zero-order valence-corrected chi connectivity index (χ0v) is 21.9. The van der Waals surface area contributed by atoms with E-state index in [1.807, 2.05) is 42.5 Å². The van der Waals surface area contributed by atoms with Gasteiger partial charge in [0.25, 0.3) is 0 Å². The van der Waals surface area contributed by atoms with Gasteiger partial charge in [-0.3, -0.25) is 8.97 Å². The van der Waals surface area contributed by atoms with E-state index in [0.29, 0.717) is 5.95 Å². The highest BCUT2D eigenvalue weighted by atomic mass is 15.3. The van der Waals surface area contributed by atoms with Crippen LogP contribution in [0.3, 0.4) is 0 Å². The summed E-state index contributed by atoms with van der Waals surface area (Å²) in [7, 11) is 0. The summed E-state index contributed by atoms with van der Waals surface area (Å²) in [5.74, 6) is 1.37. The van der Waals surface area contributed by atoms with Gasteiger partial charge in [-0.2, -0.15) is 0 Å². The number of hydrogen-bond acceptors (Lipinski definition) is 3. The van der Waals surface area contributed by atoms with Gasteiger partial charge in [-0.15, -0.1) is 0 Å². The van der Waals surface area contributed by atoms with Crippen molar-refractivity contribution < 1.29 is 0 Å². The van der Waals surface area contributed by atoms with E-state index in [0.717, 1.165) is 66.7 Å². The number of imidazole rings is 2. The normalized spacial score (nSPS) is 11.9. The van der Waals surface area contributed by atoms with Crippen LogP contribution in [0.4, 0.5) is 0 Å². The Kier molecular flexibility index (Phi) is 4.51. The zero-order chi connectivity index (χ0) is 26.9. The minimum absolute atomic E-state index is 0.592. The molecule has 4 heterocycles. The van der Waals surface area contributed by atoms with Crippen LogP contribution in [0.1, 0.15) is 0 Å². The van der Waals surface area contributed by atoms with Crippen LogP contribution in [0.15, 0.2) is 133 Å². The molecule has 9 aromatic rings. The van der Waals surface area contributed by atoms with Crippen molar-refractivity contribution >= 4 is 49.8 Å². The second-order valence-electron chi connectivity index (χ2n) is 10.2. The molecule has 4 aromatic heterocycles. The lowest BCUT2D eigenvalue weighted by molar-refractivity contribution is 0.987. The first-order chi connectivity index (χ1) is 20.4. The molecule has 6 heteroatoms. The molecule has 0 atom stereocenters. The fourth-order valence-electron chi connectivity index (χ4n) is 6.12. The third-order valence-corrected chi connectivity index (χ3v) is 7.86. The highest BCUT2D eigenvalue weighted by molar-refractivity contribution is 6.10. The topological polar surface area (TPSA) is 52.9 Å². The van der Waals surface area contributed by atoms with Gasteiger partial charge in [0.2, 0.25) is 11.7 Å². The van der Waals surface area contributed by atoms with Gasteiger partial charge in [0, 0.05) is 22.0 Å². The average Bonchev–Trinajstić information content (AvgIpc) is 3.67. The fraction of sp³-hybridized carbons (Fsp3) is 0. The molecular formula is C35H22N6. The lowest BCUT2D eigenvalue weighted by atomic mass is 10.1. The van der Waals surface area contributed by atoms with Crippen molar-refractivity contribution in [1.29, 1.82) is 0 Å². The summed E-state index contributed by atoms with van der Waals surface area (Å²) in [5.41, 5.74) is 9.04. The maximum atomic E-state index is 5.26. The predicted molar refractivity (Wildman–Crippen MR) is 165 cm³/mol. The van der Waals surface area contributed by atoms with Gasteiger partial charge in [-0.05, 0) is 36.4 Å². The number of para-hydroxylation sites is 5. The van der Waals surface area contributed by atoms with Gasteiger partial charge in [-0.1, -0.05) is 97.1 Å². The lowest BCUT2D eigenvalue weighted by Gasteiger charge is -2.10. The summed E-state index contributed by atoms with van der Waals surface area (Å²) in [6, 6.07) is 45.9. The van der Waals surface area contributed by atoms with Crippen LogP contribution in [0.5, 0.6) is 0 Å². The number of nitrogens with zero attached hydrogens (tertiary/aromatic N) is 6. The van der Waals surface area contributed by atoms with E-state index in [9.17, 15) is 0 Å². The summed E-state index contributed by atoms with van der Waals surface area (Å²) < 4.78 is 6.70. The number of fused-ring (bicyclic) bond motifs is 8. The Hall–Kier alpha value is -5.75. The van der Waals surface area contributed by atoms with Gasteiger partial charge >= 0.3 is 0 Å². The Labute approximate surface area is 234 Å². The van der Waals surface area contributed by atoms with Crippen molar-refractivity contribution in [2.45, 2.75) is 0 Å². The molecule has 41 heavy (non-hydrogen) atoms. The minimum Gasteiger partial charge on any atom is -0.294 e. The SMILES string of the molecule is c1ccc(-c2nc(-n3c4c5ccccc5n(-c5ccccc5)c4n4c5ccccc5nc34)nc3ccccc23)cc1. The first-order valence-corrected chi connectivity index (χ1v) is 13.7. The van der Waals surface area contributed by atoms with Crippen molar-refractivity contribution in [2.24, 2.45) is 0 Å². The molecule has 0 aliphatic rings. The summed E-state index contributed by atoms with van der Waals surface area (Å²) in [6.45, 7) is 0. The Balaban J connectivity index is 1.51. The quantitative estimate of drug-likeness (QED) is 0.234. The van der Waals surface area contributed by atoms with Crippen LogP contribution >= 0.6 is 0 Å². The number of aromatic nitrogens is 6. The first-order valence-electron chi connectivity index (χ1n) is 13.7. The lowest BCUT2D eigenvalue weighted by Crippen LogP contribution is -2.04. The summed E-state index contributed by atoms with van der Waals surface area (Å²) in [5, 5.41) is 2.13. The maximum Gasteiger partial charge on any atom is 0.238 e.